The van der Waals surface area contributed by atoms with E-state index in [0.717, 1.165) is 11.8 Å². The maximum absolute atomic E-state index is 12.0. The molecule has 5 nitrogen and oxygen atoms in total. The van der Waals surface area contributed by atoms with Crippen molar-refractivity contribution in [3.8, 4) is 0 Å². The minimum Gasteiger partial charge on any atom is -0.335 e. The Bertz CT molecular complexity index is 542. The summed E-state index contributed by atoms with van der Waals surface area (Å²) < 4.78 is 0. The van der Waals surface area contributed by atoms with Crippen molar-refractivity contribution in [3.63, 3.8) is 0 Å². The highest BCUT2D eigenvalue weighted by atomic mass is 16.2. The van der Waals surface area contributed by atoms with Gasteiger partial charge in [-0.1, -0.05) is 19.1 Å². The van der Waals surface area contributed by atoms with Crippen molar-refractivity contribution >= 4 is 23.8 Å². The molecule has 1 saturated heterocycles. The highest BCUT2D eigenvalue weighted by Gasteiger charge is 2.28. The Morgan fingerprint density at radius 2 is 2.00 bits per heavy atom. The van der Waals surface area contributed by atoms with Gasteiger partial charge in [-0.25, -0.2) is 0 Å². The van der Waals surface area contributed by atoms with Crippen molar-refractivity contribution in [1.82, 2.24) is 4.90 Å². The van der Waals surface area contributed by atoms with Gasteiger partial charge in [-0.2, -0.15) is 0 Å². The lowest BCUT2D eigenvalue weighted by molar-refractivity contribution is -0.136. The third-order valence-corrected chi connectivity index (χ3v) is 3.59. The molecular formula is C15H18N2O3. The Kier molecular flexibility index (Phi) is 4.17. The van der Waals surface area contributed by atoms with Crippen LogP contribution in [0.15, 0.2) is 24.3 Å². The fourth-order valence-corrected chi connectivity index (χ4v) is 2.24. The number of carbonyl (C=O) groups excluding carboxylic acids is 3. The van der Waals surface area contributed by atoms with Gasteiger partial charge in [-0.05, 0) is 23.6 Å². The summed E-state index contributed by atoms with van der Waals surface area (Å²) in [5, 5.41) is 0. The lowest BCUT2D eigenvalue weighted by atomic mass is 9.98. The SMILES string of the molecule is CC(CC=O)c1cccc(N2CC(=O)N(C)CC2=O)c1. The summed E-state index contributed by atoms with van der Waals surface area (Å²) in [7, 11) is 1.63. The molecule has 0 bridgehead atoms. The number of likely N-dealkylation sites (N-methyl/N-ethyl adjacent to an activating group) is 1. The molecule has 1 aromatic rings. The molecule has 1 aromatic carbocycles. The van der Waals surface area contributed by atoms with E-state index in [9.17, 15) is 14.4 Å². The van der Waals surface area contributed by atoms with Gasteiger partial charge in [0.2, 0.25) is 11.8 Å². The van der Waals surface area contributed by atoms with E-state index in [1.807, 2.05) is 31.2 Å². The van der Waals surface area contributed by atoms with Gasteiger partial charge in [-0.15, -0.1) is 0 Å². The van der Waals surface area contributed by atoms with E-state index in [1.165, 1.54) is 9.80 Å². The minimum atomic E-state index is -0.0905. The van der Waals surface area contributed by atoms with Crippen LogP contribution in [0.25, 0.3) is 0 Å². The van der Waals surface area contributed by atoms with Gasteiger partial charge >= 0.3 is 0 Å². The van der Waals surface area contributed by atoms with Crippen LogP contribution in [0.1, 0.15) is 24.8 Å². The smallest absolute Gasteiger partial charge is 0.247 e. The van der Waals surface area contributed by atoms with Crippen LogP contribution in [0, 0.1) is 0 Å². The van der Waals surface area contributed by atoms with Crippen LogP contribution in [0.5, 0.6) is 0 Å². The zero-order valence-electron chi connectivity index (χ0n) is 11.7. The molecule has 1 unspecified atom stereocenters. The maximum Gasteiger partial charge on any atom is 0.247 e. The largest absolute Gasteiger partial charge is 0.335 e. The van der Waals surface area contributed by atoms with Crippen molar-refractivity contribution in [2.45, 2.75) is 19.3 Å². The van der Waals surface area contributed by atoms with Crippen molar-refractivity contribution in [2.24, 2.45) is 0 Å². The summed E-state index contributed by atoms with van der Waals surface area (Å²) in [6, 6.07) is 7.47. The first-order chi connectivity index (χ1) is 9.52. The van der Waals surface area contributed by atoms with E-state index in [0.29, 0.717) is 12.1 Å². The normalized spacial score (nSPS) is 17.3. The van der Waals surface area contributed by atoms with Gasteiger partial charge in [0.15, 0.2) is 0 Å². The zero-order valence-corrected chi connectivity index (χ0v) is 11.7. The molecule has 0 spiro atoms. The fraction of sp³-hybridized carbons (Fsp3) is 0.400. The molecule has 1 aliphatic rings. The van der Waals surface area contributed by atoms with Crippen LogP contribution >= 0.6 is 0 Å². The second kappa shape index (κ2) is 5.86. The van der Waals surface area contributed by atoms with E-state index in [4.69, 9.17) is 0 Å². The summed E-state index contributed by atoms with van der Waals surface area (Å²) in [5.74, 6) is -0.0612. The van der Waals surface area contributed by atoms with Crippen LogP contribution in [-0.4, -0.2) is 43.1 Å². The van der Waals surface area contributed by atoms with Gasteiger partial charge in [-0.3, -0.25) is 9.59 Å². The molecular weight excluding hydrogens is 256 g/mol. The molecule has 0 aliphatic carbocycles. The molecule has 0 N–H and O–H groups in total. The molecule has 0 aromatic heterocycles. The first-order valence-electron chi connectivity index (χ1n) is 6.61. The first kappa shape index (κ1) is 14.2. The molecule has 1 aliphatic heterocycles. The number of hydrogen-bond donors (Lipinski definition) is 0. The summed E-state index contributed by atoms with van der Waals surface area (Å²) >= 11 is 0. The lowest BCUT2D eigenvalue weighted by Crippen LogP contribution is -2.52. The summed E-state index contributed by atoms with van der Waals surface area (Å²) in [6.45, 7) is 2.14. The quantitative estimate of drug-likeness (QED) is 0.775. The Balaban J connectivity index is 2.24. The topological polar surface area (TPSA) is 57.7 Å². The number of carbonyl (C=O) groups is 3. The number of anilines is 1. The average molecular weight is 274 g/mol. The summed E-state index contributed by atoms with van der Waals surface area (Å²) in [5.41, 5.74) is 1.71. The van der Waals surface area contributed by atoms with E-state index >= 15 is 0 Å². The van der Waals surface area contributed by atoms with Crippen LogP contribution < -0.4 is 4.90 Å². The van der Waals surface area contributed by atoms with Crippen molar-refractivity contribution < 1.29 is 14.4 Å². The Morgan fingerprint density at radius 1 is 1.25 bits per heavy atom. The highest BCUT2D eigenvalue weighted by molar-refractivity contribution is 6.04. The Hall–Kier alpha value is -2.17. The van der Waals surface area contributed by atoms with E-state index < -0.39 is 0 Å². The third-order valence-electron chi connectivity index (χ3n) is 3.59. The molecule has 2 amide bonds. The highest BCUT2D eigenvalue weighted by Crippen LogP contribution is 2.24. The number of nitrogens with zero attached hydrogens (tertiary/aromatic N) is 2. The summed E-state index contributed by atoms with van der Waals surface area (Å²) in [4.78, 5) is 37.3. The predicted octanol–water partition coefficient (Wildman–Crippen LogP) is 1.18. The number of aldehydes is 1. The van der Waals surface area contributed by atoms with E-state index in [-0.39, 0.29) is 30.8 Å². The number of piperazine rings is 1. The predicted molar refractivity (Wildman–Crippen MR) is 75.5 cm³/mol. The standard InChI is InChI=1S/C15H18N2O3/c1-11(6-7-18)12-4-3-5-13(8-12)17-10-14(19)16(2)9-15(17)20/h3-5,7-8,11H,6,9-10H2,1-2H3. The Morgan fingerprint density at radius 3 is 2.70 bits per heavy atom. The van der Waals surface area contributed by atoms with Gasteiger partial charge in [0.05, 0.1) is 6.54 Å². The van der Waals surface area contributed by atoms with Gasteiger partial charge in [0, 0.05) is 19.2 Å². The van der Waals surface area contributed by atoms with E-state index in [1.54, 1.807) is 7.05 Å². The van der Waals surface area contributed by atoms with E-state index in [2.05, 4.69) is 0 Å². The molecule has 5 heteroatoms. The molecule has 0 saturated carbocycles. The fourth-order valence-electron chi connectivity index (χ4n) is 2.24. The van der Waals surface area contributed by atoms with Crippen LogP contribution in [0.2, 0.25) is 0 Å². The molecule has 1 atom stereocenters. The van der Waals surface area contributed by atoms with Crippen molar-refractivity contribution in [2.75, 3.05) is 25.0 Å². The molecule has 1 fully saturated rings. The zero-order chi connectivity index (χ0) is 14.7. The molecule has 20 heavy (non-hydrogen) atoms. The van der Waals surface area contributed by atoms with Crippen LogP contribution in [-0.2, 0) is 14.4 Å². The van der Waals surface area contributed by atoms with Crippen LogP contribution in [0.4, 0.5) is 5.69 Å². The van der Waals surface area contributed by atoms with Gasteiger partial charge < -0.3 is 14.6 Å². The monoisotopic (exact) mass is 274 g/mol. The first-order valence-corrected chi connectivity index (χ1v) is 6.61. The second-order valence-corrected chi connectivity index (χ2v) is 5.13. The lowest BCUT2D eigenvalue weighted by Gasteiger charge is -2.32. The molecule has 106 valence electrons. The van der Waals surface area contributed by atoms with Crippen LogP contribution in [0.3, 0.4) is 0 Å². The van der Waals surface area contributed by atoms with Crippen molar-refractivity contribution in [3.05, 3.63) is 29.8 Å². The number of amides is 2. The Labute approximate surface area is 118 Å². The minimum absolute atomic E-state index is 0.0703. The van der Waals surface area contributed by atoms with Crippen molar-refractivity contribution in [1.29, 1.82) is 0 Å². The molecule has 1 heterocycles. The van der Waals surface area contributed by atoms with Gasteiger partial charge in [0.25, 0.3) is 0 Å². The number of rotatable bonds is 4. The third kappa shape index (κ3) is 2.87. The van der Waals surface area contributed by atoms with Gasteiger partial charge in [0.1, 0.15) is 12.8 Å². The molecule has 2 rings (SSSR count). The average Bonchev–Trinajstić information content (AvgIpc) is 2.43. The summed E-state index contributed by atoms with van der Waals surface area (Å²) in [6.07, 6.45) is 1.33. The number of hydrogen-bond acceptors (Lipinski definition) is 3. The molecule has 0 radical (unpaired) electrons. The second-order valence-electron chi connectivity index (χ2n) is 5.13. The number of benzene rings is 1. The maximum atomic E-state index is 12.0.